The molecule has 3 rings (SSSR count). The number of hydrogen-bond acceptors (Lipinski definition) is 4. The molecule has 3 aromatic rings. The van der Waals surface area contributed by atoms with Gasteiger partial charge >= 0.3 is 0 Å². The van der Waals surface area contributed by atoms with Crippen LogP contribution in [0.5, 0.6) is 11.6 Å². The van der Waals surface area contributed by atoms with Gasteiger partial charge < -0.3 is 20.1 Å². The van der Waals surface area contributed by atoms with E-state index in [1.807, 2.05) is 43.3 Å². The molecule has 0 bridgehead atoms. The first kappa shape index (κ1) is 15.9. The van der Waals surface area contributed by atoms with Crippen LogP contribution in [0.2, 0.25) is 0 Å². The molecule has 0 unspecified atom stereocenters. The number of nitrogens with one attached hydrogen (secondary N) is 2. The van der Waals surface area contributed by atoms with Crippen molar-refractivity contribution in [2.45, 2.75) is 6.92 Å². The molecule has 0 atom stereocenters. The zero-order chi connectivity index (χ0) is 17.1. The number of hydrogen-bond donors (Lipinski definition) is 3. The molecule has 1 heterocycles. The summed E-state index contributed by atoms with van der Waals surface area (Å²) in [5.74, 6) is 0.678. The number of methoxy groups -OCH3 is 1. The molecule has 0 radical (unpaired) electrons. The number of azo groups is 1. The van der Waals surface area contributed by atoms with Gasteiger partial charge in [-0.3, -0.25) is 0 Å². The smallest absolute Gasteiger partial charge is 0.218 e. The number of aromatic nitrogens is 1. The van der Waals surface area contributed by atoms with E-state index in [9.17, 15) is 5.11 Å². The molecule has 24 heavy (non-hydrogen) atoms. The molecule has 0 aliphatic carbocycles. The Hall–Kier alpha value is -2.93. The minimum Gasteiger partial charge on any atom is -0.497 e. The van der Waals surface area contributed by atoms with Crippen molar-refractivity contribution in [3.63, 3.8) is 0 Å². The first-order valence-corrected chi connectivity index (χ1v) is 7.66. The quantitative estimate of drug-likeness (QED) is 0.478. The van der Waals surface area contributed by atoms with Gasteiger partial charge in [-0.05, 0) is 36.8 Å². The molecular formula is C17H16N4O2S. The minimum atomic E-state index is -0.0350. The number of benzene rings is 2. The molecule has 3 N–H and O–H groups in total. The maximum absolute atomic E-state index is 10.0. The molecule has 0 saturated heterocycles. The van der Waals surface area contributed by atoms with Crippen molar-refractivity contribution >= 4 is 39.6 Å². The van der Waals surface area contributed by atoms with Crippen molar-refractivity contribution in [3.8, 4) is 11.6 Å². The van der Waals surface area contributed by atoms with Gasteiger partial charge in [-0.15, -0.1) is 10.2 Å². The third kappa shape index (κ3) is 3.21. The van der Waals surface area contributed by atoms with E-state index in [2.05, 4.69) is 20.5 Å². The Labute approximate surface area is 144 Å². The summed E-state index contributed by atoms with van der Waals surface area (Å²) in [7, 11) is 1.60. The molecule has 0 aliphatic heterocycles. The number of nitrogens with zero attached hydrogens (tertiary/aromatic N) is 2. The number of aromatic hydroxyl groups is 1. The van der Waals surface area contributed by atoms with Crippen molar-refractivity contribution < 1.29 is 9.84 Å². The van der Waals surface area contributed by atoms with Crippen LogP contribution in [0.3, 0.4) is 0 Å². The van der Waals surface area contributed by atoms with Gasteiger partial charge in [0, 0.05) is 17.1 Å². The fraction of sp³-hybridized carbons (Fsp3) is 0.118. The van der Waals surface area contributed by atoms with E-state index in [0.717, 1.165) is 22.2 Å². The Kier molecular flexibility index (Phi) is 4.43. The maximum atomic E-state index is 10.0. The van der Waals surface area contributed by atoms with Gasteiger partial charge in [0.2, 0.25) is 11.0 Å². The molecule has 2 aromatic carbocycles. The highest BCUT2D eigenvalue weighted by atomic mass is 32.1. The van der Waals surface area contributed by atoms with Crippen LogP contribution in [0.1, 0.15) is 5.56 Å². The standard InChI is InChI=1S/C17H16N4O2S/c1-10-5-3-8-13-14(10)19-16(22)15(13)20-21-17(24)18-11-6-4-7-12(9-11)23-2/h3-9,19,22H,1-2H3,(H,18,24). The van der Waals surface area contributed by atoms with Crippen molar-refractivity contribution in [3.05, 3.63) is 48.0 Å². The van der Waals surface area contributed by atoms with Gasteiger partial charge in [0.05, 0.1) is 12.6 Å². The lowest BCUT2D eigenvalue weighted by atomic mass is 10.1. The number of aryl methyl sites for hydroxylation is 1. The first-order chi connectivity index (χ1) is 11.6. The van der Waals surface area contributed by atoms with Gasteiger partial charge in [-0.2, -0.15) is 0 Å². The van der Waals surface area contributed by atoms with Crippen LogP contribution >= 0.6 is 12.2 Å². The largest absolute Gasteiger partial charge is 0.497 e. The van der Waals surface area contributed by atoms with Crippen molar-refractivity contribution in [1.29, 1.82) is 0 Å². The van der Waals surface area contributed by atoms with E-state index in [1.165, 1.54) is 0 Å². The summed E-state index contributed by atoms with van der Waals surface area (Å²) < 4.78 is 5.16. The molecule has 0 saturated carbocycles. The second-order valence-corrected chi connectivity index (χ2v) is 5.57. The lowest BCUT2D eigenvalue weighted by molar-refractivity contribution is 0.415. The van der Waals surface area contributed by atoms with E-state index >= 15 is 0 Å². The van der Waals surface area contributed by atoms with Crippen molar-refractivity contribution in [2.75, 3.05) is 12.4 Å². The van der Waals surface area contributed by atoms with Gasteiger partial charge in [-0.25, -0.2) is 0 Å². The molecule has 0 fully saturated rings. The number of rotatable bonds is 3. The van der Waals surface area contributed by atoms with E-state index in [0.29, 0.717) is 11.4 Å². The number of H-pyrrole nitrogens is 1. The van der Waals surface area contributed by atoms with Crippen LogP contribution in [0.15, 0.2) is 52.7 Å². The first-order valence-electron chi connectivity index (χ1n) is 7.25. The highest BCUT2D eigenvalue weighted by Crippen LogP contribution is 2.36. The second kappa shape index (κ2) is 6.67. The Morgan fingerprint density at radius 1 is 1.25 bits per heavy atom. The Bertz CT molecular complexity index is 933. The van der Waals surface area contributed by atoms with E-state index in [-0.39, 0.29) is 11.0 Å². The van der Waals surface area contributed by atoms with Gasteiger partial charge in [0.25, 0.3) is 0 Å². The number of fused-ring (bicyclic) bond motifs is 1. The van der Waals surface area contributed by atoms with Crippen molar-refractivity contribution in [1.82, 2.24) is 4.98 Å². The third-order valence-corrected chi connectivity index (χ3v) is 3.74. The van der Waals surface area contributed by atoms with Gasteiger partial charge in [-0.1, -0.05) is 24.3 Å². The molecule has 0 aliphatic rings. The predicted molar refractivity (Wildman–Crippen MR) is 98.4 cm³/mol. The van der Waals surface area contributed by atoms with Crippen LogP contribution in [0.4, 0.5) is 11.4 Å². The topological polar surface area (TPSA) is 82.0 Å². The molecular weight excluding hydrogens is 324 g/mol. The van der Waals surface area contributed by atoms with Gasteiger partial charge in [0.15, 0.2) is 5.69 Å². The van der Waals surface area contributed by atoms with Crippen LogP contribution in [-0.4, -0.2) is 22.3 Å². The summed E-state index contributed by atoms with van der Waals surface area (Å²) in [5, 5.41) is 22.0. The molecule has 7 heteroatoms. The Morgan fingerprint density at radius 2 is 2.04 bits per heavy atom. The molecule has 0 spiro atoms. The zero-order valence-electron chi connectivity index (χ0n) is 13.2. The van der Waals surface area contributed by atoms with E-state index in [4.69, 9.17) is 17.0 Å². The normalized spacial score (nSPS) is 11.1. The molecule has 122 valence electrons. The molecule has 1 aromatic heterocycles. The summed E-state index contributed by atoms with van der Waals surface area (Å²) >= 11 is 5.18. The predicted octanol–water partition coefficient (Wildman–Crippen LogP) is 4.67. The third-order valence-electron chi connectivity index (χ3n) is 3.56. The monoisotopic (exact) mass is 340 g/mol. The molecule has 6 nitrogen and oxygen atoms in total. The average molecular weight is 340 g/mol. The van der Waals surface area contributed by atoms with E-state index < -0.39 is 0 Å². The fourth-order valence-electron chi connectivity index (χ4n) is 2.38. The summed E-state index contributed by atoms with van der Waals surface area (Å²) in [5.41, 5.74) is 2.96. The number of ether oxygens (including phenoxy) is 1. The SMILES string of the molecule is COc1cccc(NC(=S)N=Nc2c(O)[nH]c3c(C)cccc23)c1. The second-order valence-electron chi connectivity index (χ2n) is 5.18. The van der Waals surface area contributed by atoms with Crippen LogP contribution in [0, 0.1) is 6.92 Å². The van der Waals surface area contributed by atoms with Crippen molar-refractivity contribution in [2.24, 2.45) is 10.2 Å². The number of para-hydroxylation sites is 1. The maximum Gasteiger partial charge on any atom is 0.218 e. The Balaban J connectivity index is 1.82. The highest BCUT2D eigenvalue weighted by molar-refractivity contribution is 7.80. The van der Waals surface area contributed by atoms with Crippen LogP contribution in [-0.2, 0) is 0 Å². The number of aromatic amines is 1. The van der Waals surface area contributed by atoms with E-state index in [1.54, 1.807) is 13.2 Å². The zero-order valence-corrected chi connectivity index (χ0v) is 14.0. The number of anilines is 1. The lowest BCUT2D eigenvalue weighted by Gasteiger charge is -2.05. The minimum absolute atomic E-state index is 0.0350. The highest BCUT2D eigenvalue weighted by Gasteiger charge is 2.11. The summed E-state index contributed by atoms with van der Waals surface area (Å²) in [4.78, 5) is 2.91. The Morgan fingerprint density at radius 3 is 2.83 bits per heavy atom. The van der Waals surface area contributed by atoms with Crippen LogP contribution < -0.4 is 10.1 Å². The summed E-state index contributed by atoms with van der Waals surface area (Å²) in [6.07, 6.45) is 0. The molecule has 0 amide bonds. The van der Waals surface area contributed by atoms with Gasteiger partial charge in [0.1, 0.15) is 5.75 Å². The van der Waals surface area contributed by atoms with Crippen LogP contribution in [0.25, 0.3) is 10.9 Å². The summed E-state index contributed by atoms with van der Waals surface area (Å²) in [6, 6.07) is 13.0. The average Bonchev–Trinajstić information content (AvgIpc) is 2.90. The number of thiocarbonyl (C=S) groups is 1. The summed E-state index contributed by atoms with van der Waals surface area (Å²) in [6.45, 7) is 1.95. The lowest BCUT2D eigenvalue weighted by Crippen LogP contribution is -2.04. The fourth-order valence-corrected chi connectivity index (χ4v) is 2.54.